The molecule has 0 unspecified atom stereocenters. The Morgan fingerprint density at radius 2 is 1.07 bits per heavy atom. The fourth-order valence-electron chi connectivity index (χ4n) is 7.27. The van der Waals surface area contributed by atoms with Crippen LogP contribution in [-0.4, -0.2) is 73.1 Å². The van der Waals surface area contributed by atoms with E-state index in [1.807, 2.05) is 26.8 Å². The summed E-state index contributed by atoms with van der Waals surface area (Å²) in [6.45, 7) is 7.06. The number of allylic oxidation sites excluding steroid dienone is 3. The van der Waals surface area contributed by atoms with Crippen molar-refractivity contribution in [3.63, 3.8) is 0 Å². The largest absolute Gasteiger partial charge is 0.459 e. The SMILES string of the molecule is CC(=O)/C=C/C1=C(C)C[C@@H](O[C@@H]2O[C@H](COC(=O)c3ccccc3)[C@@H](OC(=O)c3ccccc3)[C@H](OC(=O)c3ccccc3)[C@H]2OC(=O)c2ccccc2)CC1(C)C. The minimum absolute atomic E-state index is 0.0780. The molecule has 4 aromatic rings. The molecule has 0 spiro atoms. The molecule has 58 heavy (non-hydrogen) atoms. The highest BCUT2D eigenvalue weighted by Crippen LogP contribution is 2.43. The summed E-state index contributed by atoms with van der Waals surface area (Å²) in [4.78, 5) is 66.8. The van der Waals surface area contributed by atoms with E-state index in [0.29, 0.717) is 12.8 Å². The number of hydrogen-bond donors (Lipinski definition) is 0. The van der Waals surface area contributed by atoms with Gasteiger partial charge in [0.2, 0.25) is 0 Å². The molecule has 0 amide bonds. The standard InChI is InChI=1S/C47H46O11/c1-30-27-36(28-47(3,4)37(30)26-25-31(2)48)54-46-41(58-45(52)35-23-15-8-16-24-35)40(57-44(51)34-21-13-7-14-22-34)39(56-43(50)33-19-11-6-12-20-33)38(55-46)29-53-42(49)32-17-9-5-10-18-32/h5-26,36,38-41,46H,27-29H2,1-4H3/b26-25+/t36-,38-,39-,40+,41-,46-/m1/s1. The van der Waals surface area contributed by atoms with Crippen LogP contribution in [0.1, 0.15) is 82.0 Å². The Balaban J connectivity index is 1.42. The van der Waals surface area contributed by atoms with Crippen LogP contribution >= 0.6 is 0 Å². The van der Waals surface area contributed by atoms with Crippen molar-refractivity contribution >= 4 is 29.7 Å². The maximum absolute atomic E-state index is 13.9. The molecule has 11 heteroatoms. The zero-order chi connectivity index (χ0) is 41.2. The summed E-state index contributed by atoms with van der Waals surface area (Å²) in [6, 6.07) is 32.9. The molecule has 2 aliphatic rings. The first-order valence-electron chi connectivity index (χ1n) is 19.1. The van der Waals surface area contributed by atoms with Gasteiger partial charge in [-0.1, -0.05) is 98.3 Å². The molecule has 11 nitrogen and oxygen atoms in total. The minimum Gasteiger partial charge on any atom is -0.459 e. The minimum atomic E-state index is -1.53. The van der Waals surface area contributed by atoms with Crippen molar-refractivity contribution in [3.05, 3.63) is 167 Å². The monoisotopic (exact) mass is 786 g/mol. The Morgan fingerprint density at radius 3 is 1.52 bits per heavy atom. The fourth-order valence-corrected chi connectivity index (χ4v) is 7.27. The maximum Gasteiger partial charge on any atom is 0.338 e. The summed E-state index contributed by atoms with van der Waals surface area (Å²) in [5.74, 6) is -3.12. The zero-order valence-corrected chi connectivity index (χ0v) is 32.8. The van der Waals surface area contributed by atoms with Gasteiger partial charge < -0.3 is 28.4 Å². The van der Waals surface area contributed by atoms with Crippen LogP contribution in [0.2, 0.25) is 0 Å². The third-order valence-corrected chi connectivity index (χ3v) is 10.0. The van der Waals surface area contributed by atoms with Crippen molar-refractivity contribution in [2.45, 2.75) is 77.3 Å². The van der Waals surface area contributed by atoms with Crippen LogP contribution < -0.4 is 0 Å². The van der Waals surface area contributed by atoms with Gasteiger partial charge in [0.25, 0.3) is 0 Å². The van der Waals surface area contributed by atoms with Gasteiger partial charge in [0.05, 0.1) is 28.4 Å². The third kappa shape index (κ3) is 10.4. The lowest BCUT2D eigenvalue weighted by molar-refractivity contribution is -0.310. The number of carbonyl (C=O) groups is 5. The van der Waals surface area contributed by atoms with Crippen LogP contribution in [0.5, 0.6) is 0 Å². The van der Waals surface area contributed by atoms with Crippen LogP contribution in [0.25, 0.3) is 0 Å². The molecule has 1 aliphatic heterocycles. The molecular weight excluding hydrogens is 741 g/mol. The van der Waals surface area contributed by atoms with Crippen molar-refractivity contribution < 1.29 is 52.4 Å². The molecule has 300 valence electrons. The number of carbonyl (C=O) groups excluding carboxylic acids is 5. The van der Waals surface area contributed by atoms with Gasteiger partial charge in [0.15, 0.2) is 30.4 Å². The van der Waals surface area contributed by atoms with Gasteiger partial charge in [-0.25, -0.2) is 19.2 Å². The maximum atomic E-state index is 13.9. The van der Waals surface area contributed by atoms with Crippen molar-refractivity contribution in [2.75, 3.05) is 6.61 Å². The van der Waals surface area contributed by atoms with Gasteiger partial charge in [-0.05, 0) is 92.3 Å². The number of ketones is 1. The average molecular weight is 787 g/mol. The molecule has 6 atom stereocenters. The van der Waals surface area contributed by atoms with E-state index in [4.69, 9.17) is 28.4 Å². The smallest absolute Gasteiger partial charge is 0.338 e. The molecule has 6 rings (SSSR count). The van der Waals surface area contributed by atoms with E-state index in [1.165, 1.54) is 13.0 Å². The van der Waals surface area contributed by atoms with Gasteiger partial charge >= 0.3 is 23.9 Å². The predicted molar refractivity (Wildman–Crippen MR) is 213 cm³/mol. The fraction of sp³-hybridized carbons (Fsp3) is 0.298. The Hall–Kier alpha value is -6.17. The molecule has 0 aromatic heterocycles. The molecular formula is C47H46O11. The highest BCUT2D eigenvalue weighted by atomic mass is 16.7. The van der Waals surface area contributed by atoms with E-state index in [0.717, 1.165) is 11.1 Å². The molecule has 0 N–H and O–H groups in total. The zero-order valence-electron chi connectivity index (χ0n) is 32.8. The van der Waals surface area contributed by atoms with Crippen molar-refractivity contribution in [2.24, 2.45) is 5.41 Å². The number of ether oxygens (including phenoxy) is 6. The molecule has 0 saturated carbocycles. The first kappa shape index (κ1) is 41.5. The van der Waals surface area contributed by atoms with E-state index < -0.39 is 72.7 Å². The second-order valence-corrected chi connectivity index (χ2v) is 14.9. The molecule has 1 aliphatic carbocycles. The number of hydrogen-bond acceptors (Lipinski definition) is 11. The van der Waals surface area contributed by atoms with Gasteiger partial charge in [0, 0.05) is 0 Å². The highest BCUT2D eigenvalue weighted by Gasteiger charge is 2.54. The summed E-state index contributed by atoms with van der Waals surface area (Å²) in [5.41, 5.74) is 2.35. The second kappa shape index (κ2) is 18.8. The quantitative estimate of drug-likeness (QED) is 0.0742. The second-order valence-electron chi connectivity index (χ2n) is 14.9. The predicted octanol–water partition coefficient (Wildman–Crippen LogP) is 7.91. The summed E-state index contributed by atoms with van der Waals surface area (Å²) in [6.07, 6.45) is -3.48. The Kier molecular flexibility index (Phi) is 13.5. The first-order valence-corrected chi connectivity index (χ1v) is 19.1. The summed E-state index contributed by atoms with van der Waals surface area (Å²) in [5, 5.41) is 0. The number of esters is 4. The van der Waals surface area contributed by atoms with Crippen LogP contribution in [0.3, 0.4) is 0 Å². The van der Waals surface area contributed by atoms with E-state index in [2.05, 4.69) is 0 Å². The molecule has 4 aromatic carbocycles. The number of rotatable bonds is 13. The van der Waals surface area contributed by atoms with Crippen LogP contribution in [0.4, 0.5) is 0 Å². The van der Waals surface area contributed by atoms with Crippen LogP contribution in [0, 0.1) is 5.41 Å². The van der Waals surface area contributed by atoms with Gasteiger partial charge in [-0.2, -0.15) is 0 Å². The lowest BCUT2D eigenvalue weighted by Crippen LogP contribution is -2.63. The van der Waals surface area contributed by atoms with Gasteiger partial charge in [-0.3, -0.25) is 4.79 Å². The van der Waals surface area contributed by atoms with Crippen molar-refractivity contribution in [1.29, 1.82) is 0 Å². The van der Waals surface area contributed by atoms with E-state index in [9.17, 15) is 24.0 Å². The summed E-state index contributed by atoms with van der Waals surface area (Å²) < 4.78 is 37.6. The Bertz CT molecular complexity index is 2130. The summed E-state index contributed by atoms with van der Waals surface area (Å²) in [7, 11) is 0. The van der Waals surface area contributed by atoms with Crippen molar-refractivity contribution in [1.82, 2.24) is 0 Å². The van der Waals surface area contributed by atoms with Crippen LogP contribution in [-0.2, 0) is 33.2 Å². The van der Waals surface area contributed by atoms with E-state index >= 15 is 0 Å². The molecule has 0 radical (unpaired) electrons. The molecule has 1 fully saturated rings. The Labute approximate surface area is 337 Å². The first-order chi connectivity index (χ1) is 27.9. The number of benzene rings is 4. The topological polar surface area (TPSA) is 141 Å². The highest BCUT2D eigenvalue weighted by molar-refractivity contribution is 5.92. The normalized spacial score (nSPS) is 22.8. The summed E-state index contributed by atoms with van der Waals surface area (Å²) >= 11 is 0. The molecule has 1 heterocycles. The van der Waals surface area contributed by atoms with Crippen molar-refractivity contribution in [3.8, 4) is 0 Å². The van der Waals surface area contributed by atoms with E-state index in [1.54, 1.807) is 121 Å². The van der Waals surface area contributed by atoms with E-state index in [-0.39, 0.29) is 28.0 Å². The molecule has 0 bridgehead atoms. The van der Waals surface area contributed by atoms with Crippen LogP contribution in [0.15, 0.2) is 145 Å². The molecule has 1 saturated heterocycles. The van der Waals surface area contributed by atoms with Gasteiger partial charge in [0.1, 0.15) is 12.7 Å². The average Bonchev–Trinajstić information content (AvgIpc) is 3.22. The Morgan fingerprint density at radius 1 is 0.638 bits per heavy atom. The lowest BCUT2D eigenvalue weighted by Gasteiger charge is -2.46. The lowest BCUT2D eigenvalue weighted by atomic mass is 9.71. The third-order valence-electron chi connectivity index (χ3n) is 10.0. The van der Waals surface area contributed by atoms with Gasteiger partial charge in [-0.15, -0.1) is 0 Å².